The SMILES string of the molecule is Cn1nc(C(C)(C)C)cc1NC(=O)Nc1ncc(CCc2ccnc(C(N)=O)c2)s1. The van der Waals surface area contributed by atoms with Crippen LogP contribution in [0, 0.1) is 0 Å². The molecule has 4 N–H and O–H groups in total. The van der Waals surface area contributed by atoms with Gasteiger partial charge in [0.1, 0.15) is 11.5 Å². The Morgan fingerprint density at radius 2 is 1.93 bits per heavy atom. The molecule has 3 aromatic rings. The Morgan fingerprint density at radius 3 is 2.60 bits per heavy atom. The molecule has 3 rings (SSSR count). The fourth-order valence-electron chi connectivity index (χ4n) is 2.71. The number of carbonyl (C=O) groups is 2. The molecule has 9 nitrogen and oxygen atoms in total. The average molecular weight is 428 g/mol. The quantitative estimate of drug-likeness (QED) is 0.557. The highest BCUT2D eigenvalue weighted by Crippen LogP contribution is 2.24. The van der Waals surface area contributed by atoms with E-state index in [0.717, 1.165) is 22.6 Å². The van der Waals surface area contributed by atoms with E-state index in [1.165, 1.54) is 11.3 Å². The van der Waals surface area contributed by atoms with Gasteiger partial charge < -0.3 is 5.73 Å². The highest BCUT2D eigenvalue weighted by atomic mass is 32.1. The maximum atomic E-state index is 12.3. The fourth-order valence-corrected chi connectivity index (χ4v) is 3.52. The third-order valence-electron chi connectivity index (χ3n) is 4.40. The van der Waals surface area contributed by atoms with Gasteiger partial charge in [-0.3, -0.25) is 25.1 Å². The number of urea groups is 1. The first-order valence-electron chi connectivity index (χ1n) is 9.44. The smallest absolute Gasteiger partial charge is 0.326 e. The molecule has 0 aromatic carbocycles. The number of pyridine rings is 1. The second-order valence-electron chi connectivity index (χ2n) is 7.91. The molecule has 3 amide bonds. The van der Waals surface area contributed by atoms with E-state index >= 15 is 0 Å². The highest BCUT2D eigenvalue weighted by Gasteiger charge is 2.20. The summed E-state index contributed by atoms with van der Waals surface area (Å²) in [7, 11) is 1.79. The minimum atomic E-state index is -0.546. The second kappa shape index (κ2) is 8.62. The van der Waals surface area contributed by atoms with Crippen molar-refractivity contribution in [3.8, 4) is 0 Å². The first-order valence-corrected chi connectivity index (χ1v) is 10.3. The monoisotopic (exact) mass is 427 g/mol. The Bertz CT molecular complexity index is 1070. The van der Waals surface area contributed by atoms with Gasteiger partial charge in [-0.05, 0) is 30.5 Å². The lowest BCUT2D eigenvalue weighted by Gasteiger charge is -2.13. The summed E-state index contributed by atoms with van der Waals surface area (Å²) in [5.41, 5.74) is 7.27. The number of nitrogens with one attached hydrogen (secondary N) is 2. The largest absolute Gasteiger partial charge is 0.364 e. The van der Waals surface area contributed by atoms with Crippen molar-refractivity contribution in [2.24, 2.45) is 12.8 Å². The third kappa shape index (κ3) is 5.41. The van der Waals surface area contributed by atoms with Crippen LogP contribution in [-0.2, 0) is 25.3 Å². The number of hydrogen-bond acceptors (Lipinski definition) is 6. The van der Waals surface area contributed by atoms with Crippen molar-refractivity contribution >= 4 is 34.2 Å². The van der Waals surface area contributed by atoms with Crippen molar-refractivity contribution < 1.29 is 9.59 Å². The molecule has 10 heteroatoms. The number of anilines is 2. The van der Waals surface area contributed by atoms with E-state index in [1.807, 2.05) is 12.1 Å². The number of carbonyl (C=O) groups excluding carboxylic acids is 2. The Kier molecular flexibility index (Phi) is 6.16. The number of nitrogens with two attached hydrogens (primary N) is 1. The predicted molar refractivity (Wildman–Crippen MR) is 117 cm³/mol. The standard InChI is InChI=1S/C20H25N7O2S/c1-20(2,3)15-10-16(27(4)26-15)24-18(29)25-19-23-11-13(30-19)6-5-12-7-8-22-14(9-12)17(21)28/h7-11H,5-6H2,1-4H3,(H2,21,28)(H2,23,24,25,29). The molecule has 30 heavy (non-hydrogen) atoms. The average Bonchev–Trinajstić information content (AvgIpc) is 3.26. The number of rotatable bonds is 6. The van der Waals surface area contributed by atoms with Gasteiger partial charge in [-0.2, -0.15) is 5.10 Å². The van der Waals surface area contributed by atoms with Crippen molar-refractivity contribution in [2.45, 2.75) is 39.0 Å². The van der Waals surface area contributed by atoms with E-state index < -0.39 is 5.91 Å². The zero-order chi connectivity index (χ0) is 21.9. The maximum Gasteiger partial charge on any atom is 0.326 e. The lowest BCUT2D eigenvalue weighted by Crippen LogP contribution is -2.20. The van der Waals surface area contributed by atoms with Crippen molar-refractivity contribution in [1.82, 2.24) is 19.7 Å². The van der Waals surface area contributed by atoms with Crippen molar-refractivity contribution in [2.75, 3.05) is 10.6 Å². The lowest BCUT2D eigenvalue weighted by atomic mass is 9.92. The van der Waals surface area contributed by atoms with Crippen molar-refractivity contribution in [1.29, 1.82) is 0 Å². The molecule has 0 unspecified atom stereocenters. The molecule has 158 valence electrons. The number of amides is 3. The van der Waals surface area contributed by atoms with Crippen molar-refractivity contribution in [3.05, 3.63) is 52.4 Å². The van der Waals surface area contributed by atoms with Gasteiger partial charge in [-0.1, -0.05) is 20.8 Å². The van der Waals surface area contributed by atoms with E-state index in [4.69, 9.17) is 5.73 Å². The molecule has 0 atom stereocenters. The second-order valence-corrected chi connectivity index (χ2v) is 9.03. The van der Waals surface area contributed by atoms with Crippen LogP contribution < -0.4 is 16.4 Å². The van der Waals surface area contributed by atoms with Crippen LogP contribution in [0.3, 0.4) is 0 Å². The molecule has 0 radical (unpaired) electrons. The van der Waals surface area contributed by atoms with Gasteiger partial charge in [-0.15, -0.1) is 11.3 Å². The molecule has 0 fully saturated rings. The third-order valence-corrected chi connectivity index (χ3v) is 5.37. The summed E-state index contributed by atoms with van der Waals surface area (Å²) >= 11 is 1.40. The minimum absolute atomic E-state index is 0.106. The molecule has 0 spiro atoms. The van der Waals surface area contributed by atoms with Crippen LogP contribution in [0.2, 0.25) is 0 Å². The fraction of sp³-hybridized carbons (Fsp3) is 0.350. The zero-order valence-corrected chi connectivity index (χ0v) is 18.2. The van der Waals surface area contributed by atoms with Crippen LogP contribution >= 0.6 is 11.3 Å². The summed E-state index contributed by atoms with van der Waals surface area (Å²) in [6.07, 6.45) is 4.74. The van der Waals surface area contributed by atoms with Gasteiger partial charge in [0, 0.05) is 35.8 Å². The number of nitrogens with zero attached hydrogens (tertiary/aromatic N) is 4. The number of thiazole rings is 1. The molecule has 0 aliphatic heterocycles. The zero-order valence-electron chi connectivity index (χ0n) is 17.4. The summed E-state index contributed by atoms with van der Waals surface area (Å²) in [4.78, 5) is 32.8. The molecule has 0 saturated carbocycles. The predicted octanol–water partition coefficient (Wildman–Crippen LogP) is 3.10. The van der Waals surface area contributed by atoms with E-state index in [-0.39, 0.29) is 17.1 Å². The number of hydrogen-bond donors (Lipinski definition) is 3. The van der Waals surface area contributed by atoms with E-state index in [1.54, 1.807) is 30.2 Å². The van der Waals surface area contributed by atoms with Crippen LogP contribution in [0.5, 0.6) is 0 Å². The summed E-state index contributed by atoms with van der Waals surface area (Å²) < 4.78 is 1.64. The van der Waals surface area contributed by atoms with Gasteiger partial charge >= 0.3 is 6.03 Å². The first kappa shape index (κ1) is 21.4. The van der Waals surface area contributed by atoms with Crippen molar-refractivity contribution in [3.63, 3.8) is 0 Å². The molecule has 0 saturated heterocycles. The van der Waals surface area contributed by atoms with Crippen LogP contribution in [0.1, 0.15) is 47.4 Å². The Hall–Kier alpha value is -3.27. The van der Waals surface area contributed by atoms with Gasteiger partial charge in [0.25, 0.3) is 5.91 Å². The molecule has 0 bridgehead atoms. The summed E-state index contributed by atoms with van der Waals surface area (Å²) in [5.74, 6) is 0.0623. The molecule has 0 aliphatic rings. The van der Waals surface area contributed by atoms with Crippen LogP contribution in [0.15, 0.2) is 30.6 Å². The van der Waals surface area contributed by atoms with Crippen LogP contribution in [0.4, 0.5) is 15.7 Å². The van der Waals surface area contributed by atoms with E-state index in [9.17, 15) is 9.59 Å². The number of primary amides is 1. The van der Waals surface area contributed by atoms with E-state index in [0.29, 0.717) is 17.4 Å². The number of aromatic nitrogens is 4. The topological polar surface area (TPSA) is 128 Å². The lowest BCUT2D eigenvalue weighted by molar-refractivity contribution is 0.0995. The molecular weight excluding hydrogens is 402 g/mol. The van der Waals surface area contributed by atoms with Gasteiger partial charge in [-0.25, -0.2) is 9.78 Å². The Labute approximate surface area is 178 Å². The number of aryl methyl sites for hydroxylation is 3. The first-order chi connectivity index (χ1) is 14.1. The van der Waals surface area contributed by atoms with Gasteiger partial charge in [0.15, 0.2) is 5.13 Å². The molecule has 0 aliphatic carbocycles. The highest BCUT2D eigenvalue weighted by molar-refractivity contribution is 7.15. The molecular formula is C20H25N7O2S. The Morgan fingerprint density at radius 1 is 1.17 bits per heavy atom. The summed E-state index contributed by atoms with van der Waals surface area (Å²) in [6, 6.07) is 5.02. The maximum absolute atomic E-state index is 12.3. The summed E-state index contributed by atoms with van der Waals surface area (Å²) in [5, 5.41) is 10.5. The molecule has 3 aromatic heterocycles. The summed E-state index contributed by atoms with van der Waals surface area (Å²) in [6.45, 7) is 6.20. The van der Waals surface area contributed by atoms with Gasteiger partial charge in [0.2, 0.25) is 0 Å². The van der Waals surface area contributed by atoms with E-state index in [2.05, 4.69) is 46.5 Å². The normalized spacial score (nSPS) is 11.3. The van der Waals surface area contributed by atoms with Crippen LogP contribution in [0.25, 0.3) is 0 Å². The Balaban J connectivity index is 1.56. The van der Waals surface area contributed by atoms with Gasteiger partial charge in [0.05, 0.1) is 5.69 Å². The minimum Gasteiger partial charge on any atom is -0.364 e. The molecule has 3 heterocycles. The van der Waals surface area contributed by atoms with Crippen LogP contribution in [-0.4, -0.2) is 31.7 Å².